The molecular formula is C10H13NO5. The van der Waals surface area contributed by atoms with Gasteiger partial charge in [-0.1, -0.05) is 6.07 Å². The fourth-order valence-electron chi connectivity index (χ4n) is 1.11. The minimum Gasteiger partial charge on any atom is -0.460 e. The highest BCUT2D eigenvalue weighted by Gasteiger charge is 2.15. The summed E-state index contributed by atoms with van der Waals surface area (Å²) >= 11 is 0. The van der Waals surface area contributed by atoms with E-state index in [0.29, 0.717) is 12.2 Å². The molecular weight excluding hydrogens is 214 g/mol. The number of hydrogen-bond donors (Lipinski definition) is 1. The quantitative estimate of drug-likeness (QED) is 0.344. The normalized spacial score (nSPS) is 10.1. The molecule has 0 aliphatic heterocycles. The van der Waals surface area contributed by atoms with Crippen molar-refractivity contribution in [3.63, 3.8) is 0 Å². The van der Waals surface area contributed by atoms with Crippen LogP contribution in [0.4, 0.5) is 5.69 Å². The Balaban J connectivity index is 2.85. The fraction of sp³-hybridized carbons (Fsp3) is 0.400. The van der Waals surface area contributed by atoms with Crippen LogP contribution < -0.4 is 4.74 Å². The Bertz CT molecular complexity index is 366. The van der Waals surface area contributed by atoms with Gasteiger partial charge >= 0.3 is 5.69 Å². The number of ether oxygens (including phenoxy) is 2. The molecule has 1 rings (SSSR count). The van der Waals surface area contributed by atoms with Crippen molar-refractivity contribution >= 4 is 5.69 Å². The Labute approximate surface area is 92.6 Å². The van der Waals surface area contributed by atoms with E-state index >= 15 is 0 Å². The number of benzene rings is 1. The molecule has 0 radical (unpaired) electrons. The largest absolute Gasteiger partial charge is 0.460 e. The maximum absolute atomic E-state index is 10.7. The summed E-state index contributed by atoms with van der Waals surface area (Å²) in [6, 6.07) is 4.29. The molecule has 0 saturated heterocycles. The molecule has 0 fully saturated rings. The highest BCUT2D eigenvalue weighted by Crippen LogP contribution is 2.27. The predicted molar refractivity (Wildman–Crippen MR) is 56.1 cm³/mol. The van der Waals surface area contributed by atoms with Crippen LogP contribution in [0.1, 0.15) is 12.5 Å². The number of rotatable bonds is 6. The summed E-state index contributed by atoms with van der Waals surface area (Å²) in [6.07, 6.45) is 0. The van der Waals surface area contributed by atoms with E-state index in [4.69, 9.17) is 14.6 Å². The van der Waals surface area contributed by atoms with Crippen LogP contribution in [-0.2, 0) is 11.3 Å². The van der Waals surface area contributed by atoms with E-state index in [0.717, 1.165) is 0 Å². The summed E-state index contributed by atoms with van der Waals surface area (Å²) in [6.45, 7) is 2.00. The zero-order valence-corrected chi connectivity index (χ0v) is 8.88. The second-order valence-corrected chi connectivity index (χ2v) is 2.97. The summed E-state index contributed by atoms with van der Waals surface area (Å²) in [5.41, 5.74) is 0.293. The first kappa shape index (κ1) is 12.4. The highest BCUT2D eigenvalue weighted by molar-refractivity contribution is 5.48. The van der Waals surface area contributed by atoms with E-state index in [1.807, 2.05) is 0 Å². The maximum atomic E-state index is 10.7. The minimum absolute atomic E-state index is 0.0319. The average molecular weight is 227 g/mol. The van der Waals surface area contributed by atoms with E-state index in [1.165, 1.54) is 12.1 Å². The van der Waals surface area contributed by atoms with Gasteiger partial charge in [-0.25, -0.2) is 0 Å². The minimum atomic E-state index is -0.555. The molecule has 0 heterocycles. The van der Waals surface area contributed by atoms with E-state index in [2.05, 4.69) is 0 Å². The van der Waals surface area contributed by atoms with Gasteiger partial charge in [-0.3, -0.25) is 10.1 Å². The first-order valence-corrected chi connectivity index (χ1v) is 4.77. The number of nitro benzene ring substituents is 1. The van der Waals surface area contributed by atoms with Crippen molar-refractivity contribution in [2.45, 2.75) is 13.5 Å². The van der Waals surface area contributed by atoms with Gasteiger partial charge in [0.05, 0.1) is 11.5 Å². The Kier molecular flexibility index (Phi) is 4.68. The molecule has 0 aliphatic rings. The monoisotopic (exact) mass is 227 g/mol. The lowest BCUT2D eigenvalue weighted by Crippen LogP contribution is -2.04. The molecule has 6 heteroatoms. The van der Waals surface area contributed by atoms with Crippen LogP contribution in [0.2, 0.25) is 0 Å². The van der Waals surface area contributed by atoms with Gasteiger partial charge in [-0.05, 0) is 18.6 Å². The van der Waals surface area contributed by atoms with Gasteiger partial charge in [-0.2, -0.15) is 0 Å². The molecule has 6 nitrogen and oxygen atoms in total. The average Bonchev–Trinajstić information content (AvgIpc) is 2.29. The number of aliphatic hydroxyl groups is 1. The van der Waals surface area contributed by atoms with Gasteiger partial charge in [0, 0.05) is 12.7 Å². The lowest BCUT2D eigenvalue weighted by molar-refractivity contribution is -0.386. The predicted octanol–water partition coefficient (Wildman–Crippen LogP) is 1.46. The molecule has 16 heavy (non-hydrogen) atoms. The Morgan fingerprint density at radius 3 is 2.81 bits per heavy atom. The third kappa shape index (κ3) is 3.18. The van der Waals surface area contributed by atoms with Crippen molar-refractivity contribution in [1.29, 1.82) is 0 Å². The standard InChI is InChI=1S/C10H13NO5/c1-2-15-7-16-10-4-3-8(6-12)5-9(10)11(13)14/h3-5,12H,2,6-7H2,1H3. The first-order chi connectivity index (χ1) is 7.69. The van der Waals surface area contributed by atoms with Crippen LogP contribution in [0.3, 0.4) is 0 Å². The molecule has 88 valence electrons. The summed E-state index contributed by atoms with van der Waals surface area (Å²) < 4.78 is 10.0. The third-order valence-corrected chi connectivity index (χ3v) is 1.90. The molecule has 0 amide bonds. The number of hydrogen-bond acceptors (Lipinski definition) is 5. The molecule has 1 aromatic carbocycles. The molecule has 1 N–H and O–H groups in total. The van der Waals surface area contributed by atoms with Crippen molar-refractivity contribution in [2.75, 3.05) is 13.4 Å². The molecule has 0 spiro atoms. The van der Waals surface area contributed by atoms with E-state index in [1.54, 1.807) is 13.0 Å². The van der Waals surface area contributed by atoms with Gasteiger partial charge in [0.15, 0.2) is 12.5 Å². The van der Waals surface area contributed by atoms with Crippen LogP contribution >= 0.6 is 0 Å². The van der Waals surface area contributed by atoms with Crippen LogP contribution in [0.25, 0.3) is 0 Å². The number of nitrogens with zero attached hydrogens (tertiary/aromatic N) is 1. The molecule has 0 unspecified atom stereocenters. The zero-order valence-electron chi connectivity index (χ0n) is 8.88. The van der Waals surface area contributed by atoms with Crippen molar-refractivity contribution in [3.8, 4) is 5.75 Å². The van der Waals surface area contributed by atoms with Crippen molar-refractivity contribution in [2.24, 2.45) is 0 Å². The summed E-state index contributed by atoms with van der Waals surface area (Å²) in [7, 11) is 0. The molecule has 0 atom stereocenters. The zero-order chi connectivity index (χ0) is 12.0. The van der Waals surface area contributed by atoms with Crippen LogP contribution in [0.5, 0.6) is 5.75 Å². The second-order valence-electron chi connectivity index (χ2n) is 2.97. The third-order valence-electron chi connectivity index (χ3n) is 1.90. The van der Waals surface area contributed by atoms with Gasteiger partial charge in [0.25, 0.3) is 0 Å². The topological polar surface area (TPSA) is 81.8 Å². The van der Waals surface area contributed by atoms with E-state index < -0.39 is 4.92 Å². The van der Waals surface area contributed by atoms with Gasteiger partial charge in [0.1, 0.15) is 0 Å². The number of aliphatic hydroxyl groups excluding tert-OH is 1. The van der Waals surface area contributed by atoms with Crippen molar-refractivity contribution < 1.29 is 19.5 Å². The van der Waals surface area contributed by atoms with Crippen molar-refractivity contribution in [3.05, 3.63) is 33.9 Å². The lowest BCUT2D eigenvalue weighted by Gasteiger charge is -2.07. The van der Waals surface area contributed by atoms with Crippen molar-refractivity contribution in [1.82, 2.24) is 0 Å². The first-order valence-electron chi connectivity index (χ1n) is 4.77. The van der Waals surface area contributed by atoms with E-state index in [-0.39, 0.29) is 24.8 Å². The maximum Gasteiger partial charge on any atom is 0.311 e. The fourth-order valence-corrected chi connectivity index (χ4v) is 1.11. The van der Waals surface area contributed by atoms with Gasteiger partial charge in [0.2, 0.25) is 0 Å². The summed E-state index contributed by atoms with van der Waals surface area (Å²) in [5, 5.41) is 19.6. The van der Waals surface area contributed by atoms with Crippen LogP contribution in [0.15, 0.2) is 18.2 Å². The Hall–Kier alpha value is -1.66. The Morgan fingerprint density at radius 2 is 2.25 bits per heavy atom. The molecule has 0 aliphatic carbocycles. The number of nitro groups is 1. The van der Waals surface area contributed by atoms with Gasteiger partial charge in [-0.15, -0.1) is 0 Å². The SMILES string of the molecule is CCOCOc1ccc(CO)cc1[N+](=O)[O-]. The van der Waals surface area contributed by atoms with Gasteiger partial charge < -0.3 is 14.6 Å². The van der Waals surface area contributed by atoms with Crippen LogP contribution in [-0.4, -0.2) is 23.4 Å². The summed E-state index contributed by atoms with van der Waals surface area (Å²) in [5.74, 6) is 0.135. The van der Waals surface area contributed by atoms with E-state index in [9.17, 15) is 10.1 Å². The van der Waals surface area contributed by atoms with Crippen LogP contribution in [0, 0.1) is 10.1 Å². The second kappa shape index (κ2) is 6.04. The highest BCUT2D eigenvalue weighted by atomic mass is 16.7. The summed E-state index contributed by atoms with van der Waals surface area (Å²) in [4.78, 5) is 10.2. The Morgan fingerprint density at radius 1 is 1.50 bits per heavy atom. The smallest absolute Gasteiger partial charge is 0.311 e. The lowest BCUT2D eigenvalue weighted by atomic mass is 10.2. The molecule has 1 aromatic rings. The molecule has 0 aromatic heterocycles. The molecule has 0 bridgehead atoms. The molecule has 0 saturated carbocycles.